The van der Waals surface area contributed by atoms with E-state index in [4.69, 9.17) is 11.6 Å². The molecule has 0 unspecified atom stereocenters. The first kappa shape index (κ1) is 57.9. The molecular formula is C30H16ClCuN7Na4O14S4. The van der Waals surface area contributed by atoms with Gasteiger partial charge >= 0.3 is 135 Å². The van der Waals surface area contributed by atoms with Crippen LogP contribution in [-0.2, 0) is 57.5 Å². The normalized spacial score (nSPS) is 11.7. The predicted molar refractivity (Wildman–Crippen MR) is 185 cm³/mol. The van der Waals surface area contributed by atoms with E-state index in [2.05, 4.69) is 35.8 Å². The van der Waals surface area contributed by atoms with Crippen molar-refractivity contribution in [2.45, 2.75) is 26.5 Å². The number of azo groups is 1. The maximum Gasteiger partial charge on any atom is 2.00 e. The molecule has 0 saturated heterocycles. The van der Waals surface area contributed by atoms with Gasteiger partial charge in [-0.3, -0.25) is 0 Å². The predicted octanol–water partition coefficient (Wildman–Crippen LogP) is -9.18. The van der Waals surface area contributed by atoms with Gasteiger partial charge in [0, 0.05) is 11.4 Å². The Bertz CT molecular complexity index is 3180. The van der Waals surface area contributed by atoms with Gasteiger partial charge in [-0.25, -0.2) is 33.7 Å². The van der Waals surface area contributed by atoms with Crippen LogP contribution in [0.25, 0.3) is 21.5 Å². The maximum atomic E-state index is 14.0. The van der Waals surface area contributed by atoms with Crippen LogP contribution in [0.5, 0.6) is 11.5 Å². The monoisotopic (exact) mass is 1020 g/mol. The molecule has 0 amide bonds. The topological polar surface area (TPSA) is 362 Å². The van der Waals surface area contributed by atoms with Gasteiger partial charge in [-0.1, -0.05) is 41.8 Å². The number of hydrogen-bond donors (Lipinski definition) is 2. The number of benzene rings is 5. The fourth-order valence-electron chi connectivity index (χ4n) is 5.35. The number of hydrogen-bond acceptors (Lipinski definition) is 21. The second-order valence-electron chi connectivity index (χ2n) is 11.4. The summed E-state index contributed by atoms with van der Waals surface area (Å²) in [4.78, 5) is 6.84. The number of rotatable bonds is 10. The van der Waals surface area contributed by atoms with Crippen molar-refractivity contribution in [1.82, 2.24) is 15.0 Å². The standard InChI is InChI=1S/C30H22ClN7O14S4.Cu.4Na/c1-13-5-2-3-7-17(13)32-29-34-28(31)35-30(36-29)33-18-11-15(53(41,42)43)9-14-10-22(56(50,51)52)25(27(40)23(14)18)38-37-19-12-21(55(47,48)49)16-6-4-8-20(54(44,45)46)24(16)26(19)39;;;;;/h2-12,39-40H,1H3,(H,41,42,43)(H,44,45,46)(H,47,48,49)(H,50,51,52)(H2,32,33,34,35,36);;;;;/q;+2;4*+1/p-6. The Hall–Kier alpha value is -1.12. The van der Waals surface area contributed by atoms with Gasteiger partial charge in [-0.2, -0.15) is 20.1 Å². The molecule has 0 spiro atoms. The van der Waals surface area contributed by atoms with Gasteiger partial charge in [-0.05, 0) is 82.0 Å². The second-order valence-corrected chi connectivity index (χ2v) is 17.1. The first-order chi connectivity index (χ1) is 25.9. The van der Waals surface area contributed by atoms with E-state index in [9.17, 15) is 62.1 Å². The summed E-state index contributed by atoms with van der Waals surface area (Å²) in [6.45, 7) is 1.75. The number of halogens is 1. The van der Waals surface area contributed by atoms with Crippen molar-refractivity contribution in [1.29, 1.82) is 0 Å². The first-order valence-electron chi connectivity index (χ1n) is 14.8. The number of fused-ring (bicyclic) bond motifs is 2. The molecule has 31 heteroatoms. The minimum absolute atomic E-state index is 0. The maximum absolute atomic E-state index is 14.0. The van der Waals surface area contributed by atoms with E-state index in [1.54, 1.807) is 31.2 Å². The van der Waals surface area contributed by atoms with Crippen LogP contribution < -0.4 is 139 Å². The molecule has 301 valence electrons. The zero-order chi connectivity index (χ0) is 41.1. The second kappa shape index (κ2) is 21.9. The number of nitrogens with zero attached hydrogens (tertiary/aromatic N) is 5. The van der Waals surface area contributed by atoms with Crippen molar-refractivity contribution in [2.24, 2.45) is 10.2 Å². The van der Waals surface area contributed by atoms with Crippen molar-refractivity contribution in [3.05, 3.63) is 77.6 Å². The van der Waals surface area contributed by atoms with Gasteiger partial charge < -0.3 is 39.1 Å². The average Bonchev–Trinajstić information content (AvgIpc) is 3.07. The van der Waals surface area contributed by atoms with Crippen molar-refractivity contribution in [3.8, 4) is 11.5 Å². The molecule has 1 radical (unpaired) electrons. The summed E-state index contributed by atoms with van der Waals surface area (Å²) in [6, 6.07) is 11.1. The summed E-state index contributed by atoms with van der Waals surface area (Å²) in [5.74, 6) is -3.72. The third-order valence-electron chi connectivity index (χ3n) is 7.72. The molecule has 1 aromatic heterocycles. The van der Waals surface area contributed by atoms with Crippen molar-refractivity contribution < 1.29 is 197 Å². The molecule has 6 aromatic rings. The van der Waals surface area contributed by atoms with Crippen LogP contribution >= 0.6 is 11.6 Å². The third kappa shape index (κ3) is 13.0. The van der Waals surface area contributed by atoms with E-state index < -0.39 is 121 Å². The zero-order valence-corrected chi connectivity index (χ0v) is 44.6. The molecule has 0 saturated carbocycles. The molecule has 6 rings (SSSR count). The summed E-state index contributed by atoms with van der Waals surface area (Å²) in [6.07, 6.45) is 0. The number of anilines is 4. The summed E-state index contributed by atoms with van der Waals surface area (Å²) in [5, 5.41) is 35.9. The summed E-state index contributed by atoms with van der Waals surface area (Å²) in [7, 11) is -22.2. The molecule has 21 nitrogen and oxygen atoms in total. The van der Waals surface area contributed by atoms with Crippen LogP contribution in [-0.4, -0.2) is 66.8 Å². The molecule has 0 aliphatic heterocycles. The largest absolute Gasteiger partial charge is 2.00 e. The van der Waals surface area contributed by atoms with Gasteiger partial charge in [0.15, 0.2) is 0 Å². The van der Waals surface area contributed by atoms with Crippen molar-refractivity contribution in [3.63, 3.8) is 0 Å². The third-order valence-corrected chi connectivity index (χ3v) is 11.3. The Morgan fingerprint density at radius 2 is 1.15 bits per heavy atom. The van der Waals surface area contributed by atoms with Crippen LogP contribution in [0.15, 0.2) is 96.5 Å². The van der Waals surface area contributed by atoms with E-state index in [-0.39, 0.29) is 141 Å². The minimum atomic E-state index is -5.77. The van der Waals surface area contributed by atoms with Crippen LogP contribution in [0.2, 0.25) is 5.28 Å². The number of nitrogens with one attached hydrogen (secondary N) is 2. The molecule has 0 atom stereocenters. The summed E-state index contributed by atoms with van der Waals surface area (Å²) < 4.78 is 146. The van der Waals surface area contributed by atoms with Crippen molar-refractivity contribution >= 4 is 108 Å². The van der Waals surface area contributed by atoms with Gasteiger partial charge in [0.1, 0.15) is 40.5 Å². The van der Waals surface area contributed by atoms with E-state index in [0.717, 1.165) is 17.7 Å². The molecule has 1 heterocycles. The smallest absolute Gasteiger partial charge is 0.871 e. The van der Waals surface area contributed by atoms with E-state index in [1.807, 2.05) is 0 Å². The quantitative estimate of drug-likeness (QED) is 0.0731. The Kier molecular flexibility index (Phi) is 20.8. The van der Waals surface area contributed by atoms with Crippen LogP contribution in [0.4, 0.5) is 34.6 Å². The number of aryl methyl sites for hydroxylation is 1. The summed E-state index contributed by atoms with van der Waals surface area (Å²) >= 11 is 6.08. The number of aromatic nitrogens is 3. The molecule has 5 aromatic carbocycles. The molecule has 0 bridgehead atoms. The SMILES string of the molecule is Cc1ccccc1Nc1nc(Cl)nc(Nc2cc(S(=O)(=O)[O-])cc3cc(S(=O)(=O)[O-])c(N=Nc4cc(S(=O)(=O)[O-])c5cccc(S(=O)(=O)[O-])c5c4[O-])c([O-])c23)n1.[Cu+2].[Na+].[Na+].[Na+].[Na+]. The zero-order valence-electron chi connectivity index (χ0n) is 31.6. The molecular weight excluding hydrogens is 1000 g/mol. The Morgan fingerprint density at radius 1 is 0.590 bits per heavy atom. The number of para-hydroxylation sites is 1. The van der Waals surface area contributed by atoms with Gasteiger partial charge in [0.25, 0.3) is 0 Å². The van der Waals surface area contributed by atoms with Crippen LogP contribution in [0.3, 0.4) is 0 Å². The Morgan fingerprint density at radius 3 is 1.69 bits per heavy atom. The van der Waals surface area contributed by atoms with E-state index >= 15 is 0 Å². The van der Waals surface area contributed by atoms with Crippen molar-refractivity contribution in [2.75, 3.05) is 10.6 Å². The molecule has 0 aliphatic rings. The Balaban J connectivity index is 0.00000372. The van der Waals surface area contributed by atoms with Gasteiger partial charge in [0.05, 0.1) is 31.0 Å². The van der Waals surface area contributed by atoms with Crippen LogP contribution in [0.1, 0.15) is 5.56 Å². The summed E-state index contributed by atoms with van der Waals surface area (Å²) in [5.41, 5.74) is -1.94. The fourth-order valence-corrected chi connectivity index (χ4v) is 8.08. The first-order valence-corrected chi connectivity index (χ1v) is 20.8. The average molecular weight is 1020 g/mol. The minimum Gasteiger partial charge on any atom is -0.871 e. The van der Waals surface area contributed by atoms with E-state index in [0.29, 0.717) is 36.0 Å². The molecule has 61 heavy (non-hydrogen) atoms. The fraction of sp³-hybridized carbons (Fsp3) is 0.0333. The van der Waals surface area contributed by atoms with Gasteiger partial charge in [-0.15, -0.1) is 5.11 Å². The Labute approximate surface area is 450 Å². The van der Waals surface area contributed by atoms with E-state index in [1.165, 1.54) is 0 Å². The molecule has 0 fully saturated rings. The molecule has 2 N–H and O–H groups in total. The molecule has 0 aliphatic carbocycles. The van der Waals surface area contributed by atoms with Crippen LogP contribution in [0, 0.1) is 6.92 Å². The van der Waals surface area contributed by atoms with Gasteiger partial charge in [0.2, 0.25) is 17.2 Å².